The van der Waals surface area contributed by atoms with Gasteiger partial charge in [-0.15, -0.1) is 11.8 Å². The highest BCUT2D eigenvalue weighted by Crippen LogP contribution is 2.21. The number of carbonyl (C=O) groups excluding carboxylic acids is 3. The lowest BCUT2D eigenvalue weighted by Crippen LogP contribution is -2.47. The van der Waals surface area contributed by atoms with Crippen LogP contribution in [0.4, 0.5) is 4.79 Å². The van der Waals surface area contributed by atoms with E-state index in [1.54, 1.807) is 0 Å². The summed E-state index contributed by atoms with van der Waals surface area (Å²) in [4.78, 5) is 49.4. The molecular formula is C10H13N3O5S. The van der Waals surface area contributed by atoms with Crippen molar-refractivity contribution in [2.75, 3.05) is 31.8 Å². The molecule has 8 nitrogen and oxygen atoms in total. The van der Waals surface area contributed by atoms with Crippen LogP contribution in [0.15, 0.2) is 0 Å². The zero-order valence-corrected chi connectivity index (χ0v) is 11.1. The summed E-state index contributed by atoms with van der Waals surface area (Å²) in [5.41, 5.74) is 0. The molecule has 2 fully saturated rings. The highest BCUT2D eigenvalue weighted by atomic mass is 32.2. The first-order chi connectivity index (χ1) is 8.91. The predicted molar refractivity (Wildman–Crippen MR) is 65.3 cm³/mol. The van der Waals surface area contributed by atoms with E-state index in [-0.39, 0.29) is 12.4 Å². The lowest BCUT2D eigenvalue weighted by molar-refractivity contribution is -0.148. The van der Waals surface area contributed by atoms with Gasteiger partial charge in [0.1, 0.15) is 19.1 Å². The maximum atomic E-state index is 12.0. The normalized spacial score (nSPS) is 23.4. The molecule has 0 bridgehead atoms. The summed E-state index contributed by atoms with van der Waals surface area (Å²) in [5, 5.41) is 8.98. The van der Waals surface area contributed by atoms with Crippen molar-refractivity contribution in [2.45, 2.75) is 6.04 Å². The molecule has 0 saturated carbocycles. The molecule has 0 spiro atoms. The average Bonchev–Trinajstić information content (AvgIpc) is 2.90. The van der Waals surface area contributed by atoms with E-state index in [1.807, 2.05) is 0 Å². The minimum absolute atomic E-state index is 0.0524. The van der Waals surface area contributed by atoms with Gasteiger partial charge < -0.3 is 14.9 Å². The van der Waals surface area contributed by atoms with Gasteiger partial charge in [-0.25, -0.2) is 9.59 Å². The predicted octanol–water partition coefficient (Wildman–Crippen LogP) is -1.13. The van der Waals surface area contributed by atoms with Crippen LogP contribution in [0.25, 0.3) is 0 Å². The first-order valence-corrected chi connectivity index (χ1v) is 6.72. The van der Waals surface area contributed by atoms with Gasteiger partial charge in [0.2, 0.25) is 5.91 Å². The topological polar surface area (TPSA) is 98.2 Å². The van der Waals surface area contributed by atoms with Crippen molar-refractivity contribution in [1.29, 1.82) is 0 Å². The Morgan fingerprint density at radius 3 is 2.63 bits per heavy atom. The molecule has 19 heavy (non-hydrogen) atoms. The molecule has 1 N–H and O–H groups in total. The minimum Gasteiger partial charge on any atom is -0.480 e. The molecule has 2 aliphatic heterocycles. The Morgan fingerprint density at radius 2 is 2.11 bits per heavy atom. The second-order valence-electron chi connectivity index (χ2n) is 4.34. The lowest BCUT2D eigenvalue weighted by Gasteiger charge is -2.22. The maximum Gasteiger partial charge on any atom is 0.327 e. The number of carboxylic acids is 1. The van der Waals surface area contributed by atoms with Gasteiger partial charge in [0, 0.05) is 12.8 Å². The van der Waals surface area contributed by atoms with E-state index in [9.17, 15) is 19.2 Å². The molecule has 2 aliphatic rings. The fraction of sp³-hybridized carbons (Fsp3) is 0.600. The molecule has 104 valence electrons. The van der Waals surface area contributed by atoms with E-state index in [0.717, 1.165) is 4.90 Å². The van der Waals surface area contributed by atoms with Crippen LogP contribution in [-0.2, 0) is 14.4 Å². The van der Waals surface area contributed by atoms with E-state index in [4.69, 9.17) is 5.11 Å². The standard InChI is InChI=1S/C10H13N3O5S/c1-11-2-7(14)12(10(11)18)3-8(15)13-5-19-4-6(13)9(16)17/h6H,2-5H2,1H3,(H,16,17)/t6-/m0/s1. The molecule has 9 heteroatoms. The fourth-order valence-corrected chi connectivity index (χ4v) is 3.12. The van der Waals surface area contributed by atoms with Crippen LogP contribution in [0, 0.1) is 0 Å². The molecule has 2 rings (SSSR count). The summed E-state index contributed by atoms with van der Waals surface area (Å²) in [7, 11) is 1.47. The number of aliphatic carboxylic acids is 1. The van der Waals surface area contributed by atoms with Crippen molar-refractivity contribution >= 4 is 35.6 Å². The van der Waals surface area contributed by atoms with Crippen LogP contribution in [-0.4, -0.2) is 81.4 Å². The van der Waals surface area contributed by atoms with E-state index in [2.05, 4.69) is 0 Å². The van der Waals surface area contributed by atoms with Gasteiger partial charge in [-0.3, -0.25) is 14.5 Å². The fourth-order valence-electron chi connectivity index (χ4n) is 1.94. The summed E-state index contributed by atoms with van der Waals surface area (Å²) >= 11 is 1.33. The molecule has 4 amide bonds. The van der Waals surface area contributed by atoms with E-state index < -0.39 is 36.4 Å². The van der Waals surface area contributed by atoms with Crippen molar-refractivity contribution in [3.63, 3.8) is 0 Å². The van der Waals surface area contributed by atoms with Gasteiger partial charge in [0.05, 0.1) is 5.88 Å². The summed E-state index contributed by atoms with van der Waals surface area (Å²) < 4.78 is 0. The number of urea groups is 1. The van der Waals surface area contributed by atoms with Crippen LogP contribution in [0.3, 0.4) is 0 Å². The highest BCUT2D eigenvalue weighted by Gasteiger charge is 2.39. The van der Waals surface area contributed by atoms with E-state index in [0.29, 0.717) is 5.75 Å². The molecule has 0 unspecified atom stereocenters. The molecule has 1 atom stereocenters. The Hall–Kier alpha value is -1.77. The highest BCUT2D eigenvalue weighted by molar-refractivity contribution is 7.99. The van der Waals surface area contributed by atoms with Crippen molar-refractivity contribution in [3.8, 4) is 0 Å². The first kappa shape index (κ1) is 13.7. The van der Waals surface area contributed by atoms with Crippen molar-refractivity contribution in [3.05, 3.63) is 0 Å². The Morgan fingerprint density at radius 1 is 1.42 bits per heavy atom. The molecule has 0 radical (unpaired) electrons. The SMILES string of the molecule is CN1CC(=O)N(CC(=O)N2CSC[C@H]2C(=O)O)C1=O. The third kappa shape index (κ3) is 2.50. The zero-order chi connectivity index (χ0) is 14.2. The van der Waals surface area contributed by atoms with Crippen molar-refractivity contribution in [1.82, 2.24) is 14.7 Å². The number of likely N-dealkylation sites (N-methyl/N-ethyl adjacent to an activating group) is 1. The van der Waals surface area contributed by atoms with Gasteiger partial charge in [-0.1, -0.05) is 0 Å². The molecule has 2 heterocycles. The number of imide groups is 1. The molecular weight excluding hydrogens is 274 g/mol. The van der Waals surface area contributed by atoms with Crippen LogP contribution >= 0.6 is 11.8 Å². The lowest BCUT2D eigenvalue weighted by atomic mass is 10.3. The second kappa shape index (κ2) is 5.08. The third-order valence-electron chi connectivity index (χ3n) is 3.01. The van der Waals surface area contributed by atoms with Crippen molar-refractivity contribution < 1.29 is 24.3 Å². The summed E-state index contributed by atoms with van der Waals surface area (Å²) in [6, 6.07) is -1.42. The van der Waals surface area contributed by atoms with Gasteiger partial charge in [-0.05, 0) is 0 Å². The monoisotopic (exact) mass is 287 g/mol. The Labute approximate surface area is 113 Å². The molecule has 2 saturated heterocycles. The quantitative estimate of drug-likeness (QED) is 0.659. The van der Waals surface area contributed by atoms with Crippen LogP contribution < -0.4 is 0 Å². The Balaban J connectivity index is 2.03. The molecule has 0 aromatic rings. The zero-order valence-electron chi connectivity index (χ0n) is 10.2. The van der Waals surface area contributed by atoms with Gasteiger partial charge in [0.15, 0.2) is 0 Å². The van der Waals surface area contributed by atoms with Crippen LogP contribution in [0.5, 0.6) is 0 Å². The van der Waals surface area contributed by atoms with Crippen LogP contribution in [0.2, 0.25) is 0 Å². The number of nitrogens with zero attached hydrogens (tertiary/aromatic N) is 3. The van der Waals surface area contributed by atoms with Crippen LogP contribution in [0.1, 0.15) is 0 Å². The number of rotatable bonds is 3. The summed E-state index contributed by atoms with van der Waals surface area (Å²) in [6.45, 7) is -0.449. The smallest absolute Gasteiger partial charge is 0.327 e. The number of amides is 4. The largest absolute Gasteiger partial charge is 0.480 e. The van der Waals surface area contributed by atoms with Gasteiger partial charge in [0.25, 0.3) is 5.91 Å². The van der Waals surface area contributed by atoms with Crippen molar-refractivity contribution in [2.24, 2.45) is 0 Å². The number of carbonyl (C=O) groups is 4. The number of hydrogen-bond acceptors (Lipinski definition) is 5. The molecule has 0 aromatic carbocycles. The van der Waals surface area contributed by atoms with Gasteiger partial charge >= 0.3 is 12.0 Å². The molecule has 0 aromatic heterocycles. The Kier molecular flexibility index (Phi) is 3.65. The maximum absolute atomic E-state index is 12.0. The number of carboxylic acid groups (broad SMARTS) is 1. The van der Waals surface area contributed by atoms with Gasteiger partial charge in [-0.2, -0.15) is 0 Å². The minimum atomic E-state index is -1.07. The first-order valence-electron chi connectivity index (χ1n) is 5.57. The van der Waals surface area contributed by atoms with E-state index in [1.165, 1.54) is 28.6 Å². The molecule has 0 aliphatic carbocycles. The average molecular weight is 287 g/mol. The summed E-state index contributed by atoms with van der Waals surface area (Å²) in [5.74, 6) is -1.45. The Bertz CT molecular complexity index is 454. The second-order valence-corrected chi connectivity index (χ2v) is 5.34. The number of thioether (sulfide) groups is 1. The third-order valence-corrected chi connectivity index (χ3v) is 4.02. The number of hydrogen-bond donors (Lipinski definition) is 1. The summed E-state index contributed by atoms with van der Waals surface area (Å²) in [6.07, 6.45) is 0. The van der Waals surface area contributed by atoms with E-state index >= 15 is 0 Å².